The average molecular weight is 770 g/mol. The summed E-state index contributed by atoms with van der Waals surface area (Å²) < 4.78 is 15.1. The van der Waals surface area contributed by atoms with E-state index in [0.717, 1.165) is 68.1 Å². The molecule has 14 nitrogen and oxygen atoms in total. The highest BCUT2D eigenvalue weighted by Crippen LogP contribution is 2.45. The lowest BCUT2D eigenvalue weighted by atomic mass is 9.93. The number of hydrogen-bond acceptors (Lipinski definition) is 12. The molecule has 298 valence electrons. The van der Waals surface area contributed by atoms with Crippen molar-refractivity contribution in [2.45, 2.75) is 56.9 Å². The molecule has 5 fully saturated rings. The standard InChI is InChI=1S/C24H27FN4O4.C17H25N5O/c25-19-12-28(6-5-13(19)9-27-10-14-7-15(14)11-27)16-1-2-17-18(8-16)24(33)29(23(17)32)20-3-4-21(30)26-22(20)31;1-11-9-22-12(10-21(11)2)8-20-17(19)15(22)7-14(18)13-5-3-4-6-16(13)23/h1-2,8,13-15,19-20H,3-7,9-12H2,(H,26,30,31);3-7,11-12,20,23H,8-10,18-19H2,1-2H3/b;14-7-/t13-,14?,15?,19?,20?;/m1./s1. The number of aromatic hydroxyl groups is 1. The monoisotopic (exact) mass is 769 g/mol. The van der Waals surface area contributed by atoms with Crippen LogP contribution in [0.2, 0.25) is 0 Å². The number of fused-ring (bicyclic) bond motifs is 3. The number of phenolic OH excluding ortho intramolecular Hbond substituents is 1. The number of alkyl halides is 1. The molecule has 56 heavy (non-hydrogen) atoms. The Morgan fingerprint density at radius 2 is 1.73 bits per heavy atom. The van der Waals surface area contributed by atoms with E-state index in [1.165, 1.54) is 6.42 Å². The van der Waals surface area contributed by atoms with Crippen molar-refractivity contribution in [1.29, 1.82) is 0 Å². The minimum Gasteiger partial charge on any atom is -0.507 e. The van der Waals surface area contributed by atoms with Gasteiger partial charge in [-0.2, -0.15) is 0 Å². The van der Waals surface area contributed by atoms with E-state index in [1.54, 1.807) is 36.4 Å². The van der Waals surface area contributed by atoms with Crippen LogP contribution in [-0.2, 0) is 9.59 Å². The summed E-state index contributed by atoms with van der Waals surface area (Å²) in [5.74, 6) is 0.430. The topological polar surface area (TPSA) is 181 Å². The maximum absolute atomic E-state index is 15.1. The summed E-state index contributed by atoms with van der Waals surface area (Å²) in [6, 6.07) is 11.9. The molecule has 6 aliphatic heterocycles. The number of halogens is 1. The zero-order chi connectivity index (χ0) is 39.4. The van der Waals surface area contributed by atoms with Gasteiger partial charge in [0.25, 0.3) is 11.8 Å². The van der Waals surface area contributed by atoms with E-state index in [-0.39, 0.29) is 42.2 Å². The average Bonchev–Trinajstić information content (AvgIpc) is 3.70. The minimum atomic E-state index is -0.985. The number of likely N-dealkylation sites (N-methyl/N-ethyl adjacent to an activating group) is 1. The van der Waals surface area contributed by atoms with Gasteiger partial charge in [-0.3, -0.25) is 34.3 Å². The van der Waals surface area contributed by atoms with Crippen LogP contribution >= 0.6 is 0 Å². The van der Waals surface area contributed by atoms with Crippen molar-refractivity contribution in [3.63, 3.8) is 0 Å². The Hall–Kier alpha value is -5.15. The molecule has 6 heterocycles. The number of nitrogens with zero attached hydrogens (tertiary/aromatic N) is 5. The number of imide groups is 2. The number of piperazine rings is 1. The molecule has 0 aromatic heterocycles. The van der Waals surface area contributed by atoms with Crippen molar-refractivity contribution in [1.82, 2.24) is 30.2 Å². The number of phenols is 1. The number of amides is 4. The first-order chi connectivity index (χ1) is 26.9. The number of likely N-dealkylation sites (tertiary alicyclic amines) is 1. The van der Waals surface area contributed by atoms with Gasteiger partial charge in [-0.15, -0.1) is 0 Å². The molecule has 4 saturated heterocycles. The van der Waals surface area contributed by atoms with E-state index < -0.39 is 35.8 Å². The smallest absolute Gasteiger partial charge is 0.262 e. The van der Waals surface area contributed by atoms with E-state index in [9.17, 15) is 24.3 Å². The molecule has 2 aromatic carbocycles. The molecule has 7 atom stereocenters. The van der Waals surface area contributed by atoms with Crippen LogP contribution in [0.5, 0.6) is 5.75 Å². The second-order valence-corrected chi connectivity index (χ2v) is 16.6. The molecule has 4 amide bonds. The molecule has 7 aliphatic rings. The zero-order valence-electron chi connectivity index (χ0n) is 32.0. The first-order valence-electron chi connectivity index (χ1n) is 19.8. The quantitative estimate of drug-likeness (QED) is 0.269. The van der Waals surface area contributed by atoms with Crippen LogP contribution in [0.15, 0.2) is 60.1 Å². The maximum Gasteiger partial charge on any atom is 0.262 e. The van der Waals surface area contributed by atoms with Gasteiger partial charge in [0.15, 0.2) is 0 Å². The van der Waals surface area contributed by atoms with Crippen LogP contribution in [0.3, 0.4) is 0 Å². The SMILES string of the molecule is CC1CN2C(/C=C(\N)c3ccccc3O)=C(N)NCC2CN1C.O=C1CCC(N2C(=O)c3ccc(N4CC[C@H](CN5CC6CC6C5)C(F)C4)cc3C2=O)C(=O)N1. The highest BCUT2D eigenvalue weighted by atomic mass is 19.1. The number of allylic oxidation sites excluding steroid dienone is 1. The van der Waals surface area contributed by atoms with Gasteiger partial charge >= 0.3 is 0 Å². The van der Waals surface area contributed by atoms with Crippen molar-refractivity contribution in [2.75, 3.05) is 64.3 Å². The molecule has 0 radical (unpaired) electrons. The van der Waals surface area contributed by atoms with Gasteiger partial charge in [0, 0.05) is 87.7 Å². The van der Waals surface area contributed by atoms with Crippen molar-refractivity contribution < 1.29 is 28.7 Å². The van der Waals surface area contributed by atoms with Crippen LogP contribution in [0.4, 0.5) is 10.1 Å². The van der Waals surface area contributed by atoms with Crippen LogP contribution in [0.1, 0.15) is 58.9 Å². The summed E-state index contributed by atoms with van der Waals surface area (Å²) in [4.78, 5) is 59.6. The van der Waals surface area contributed by atoms with Crippen molar-refractivity contribution in [2.24, 2.45) is 29.2 Å². The Kier molecular flexibility index (Phi) is 10.2. The Morgan fingerprint density at radius 1 is 0.982 bits per heavy atom. The molecule has 7 N–H and O–H groups in total. The third-order valence-electron chi connectivity index (χ3n) is 12.8. The van der Waals surface area contributed by atoms with E-state index >= 15 is 4.39 Å². The number of nitrogens with one attached hydrogen (secondary N) is 2. The van der Waals surface area contributed by atoms with Crippen LogP contribution in [0.25, 0.3) is 5.70 Å². The first kappa shape index (κ1) is 37.8. The van der Waals surface area contributed by atoms with Crippen LogP contribution in [-0.4, -0.2) is 132 Å². The summed E-state index contributed by atoms with van der Waals surface area (Å²) in [7, 11) is 2.15. The number of piperidine rings is 3. The predicted molar refractivity (Wildman–Crippen MR) is 208 cm³/mol. The minimum absolute atomic E-state index is 0.0272. The fourth-order valence-corrected chi connectivity index (χ4v) is 9.26. The normalized spacial score (nSPS) is 30.7. The Bertz CT molecular complexity index is 1980. The van der Waals surface area contributed by atoms with Gasteiger partial charge in [0.2, 0.25) is 11.8 Å². The molecule has 9 rings (SSSR count). The molecule has 6 unspecified atom stereocenters. The fraction of sp³-hybridized carbons (Fsp3) is 0.512. The molecule has 2 aromatic rings. The lowest BCUT2D eigenvalue weighted by Crippen LogP contribution is -2.61. The molecular formula is C41H52FN9O5. The van der Waals surface area contributed by atoms with E-state index in [0.29, 0.717) is 41.4 Å². The molecule has 1 saturated carbocycles. The molecule has 1 aliphatic carbocycles. The number of nitrogens with two attached hydrogens (primary N) is 2. The van der Waals surface area contributed by atoms with E-state index in [1.807, 2.05) is 17.0 Å². The number of benzene rings is 2. The van der Waals surface area contributed by atoms with Crippen molar-refractivity contribution >= 4 is 35.0 Å². The van der Waals surface area contributed by atoms with E-state index in [2.05, 4.69) is 39.3 Å². The Balaban J connectivity index is 0.000000169. The van der Waals surface area contributed by atoms with Gasteiger partial charge in [-0.1, -0.05) is 12.1 Å². The zero-order valence-corrected chi connectivity index (χ0v) is 32.0. The number of para-hydroxylation sites is 1. The third-order valence-corrected chi connectivity index (χ3v) is 12.8. The Labute approximate surface area is 326 Å². The summed E-state index contributed by atoms with van der Waals surface area (Å²) in [5.41, 5.74) is 15.6. The second-order valence-electron chi connectivity index (χ2n) is 16.6. The van der Waals surface area contributed by atoms with E-state index in [4.69, 9.17) is 11.5 Å². The summed E-state index contributed by atoms with van der Waals surface area (Å²) in [6.07, 6.45) is 3.22. The summed E-state index contributed by atoms with van der Waals surface area (Å²) >= 11 is 0. The largest absolute Gasteiger partial charge is 0.507 e. The molecule has 0 bridgehead atoms. The number of rotatable bonds is 6. The lowest BCUT2D eigenvalue weighted by molar-refractivity contribution is -0.136. The molecular weight excluding hydrogens is 718 g/mol. The highest BCUT2D eigenvalue weighted by molar-refractivity contribution is 6.23. The first-order valence-corrected chi connectivity index (χ1v) is 19.8. The molecule has 0 spiro atoms. The van der Waals surface area contributed by atoms with Gasteiger partial charge in [-0.25, -0.2) is 4.39 Å². The van der Waals surface area contributed by atoms with Gasteiger partial charge in [0.05, 0.1) is 22.9 Å². The van der Waals surface area contributed by atoms with Gasteiger partial charge < -0.3 is 36.6 Å². The number of anilines is 1. The fourth-order valence-electron chi connectivity index (χ4n) is 9.26. The predicted octanol–water partition coefficient (Wildman–Crippen LogP) is 1.63. The third kappa shape index (κ3) is 7.29. The number of hydrogen-bond donors (Lipinski definition) is 5. The molecule has 15 heteroatoms. The summed E-state index contributed by atoms with van der Waals surface area (Å²) in [5, 5.41) is 15.4. The maximum atomic E-state index is 15.1. The number of carbonyl (C=O) groups is 4. The summed E-state index contributed by atoms with van der Waals surface area (Å²) in [6.45, 7) is 8.94. The lowest BCUT2D eigenvalue weighted by Gasteiger charge is -2.48. The van der Waals surface area contributed by atoms with Gasteiger partial charge in [-0.05, 0) is 81.5 Å². The van der Waals surface area contributed by atoms with Crippen LogP contribution < -0.4 is 27.0 Å². The van der Waals surface area contributed by atoms with Crippen molar-refractivity contribution in [3.05, 3.63) is 76.7 Å². The van der Waals surface area contributed by atoms with Crippen molar-refractivity contribution in [3.8, 4) is 5.75 Å². The number of carbonyl (C=O) groups excluding carboxylic acids is 4. The highest BCUT2D eigenvalue weighted by Gasteiger charge is 2.47. The van der Waals surface area contributed by atoms with Crippen LogP contribution in [0, 0.1) is 17.8 Å². The second kappa shape index (κ2) is 15.1. The van der Waals surface area contributed by atoms with Gasteiger partial charge in [0.1, 0.15) is 23.8 Å². The Morgan fingerprint density at radius 3 is 2.46 bits per heavy atom.